The number of carboxylic acid groups (broad SMARTS) is 4. The van der Waals surface area contributed by atoms with Crippen LogP contribution in [0.15, 0.2) is 0 Å². The molecule has 0 amide bonds. The molecule has 0 aliphatic carbocycles. The van der Waals surface area contributed by atoms with Crippen LogP contribution in [0.2, 0.25) is 0 Å². The van der Waals surface area contributed by atoms with Crippen molar-refractivity contribution in [1.29, 1.82) is 0 Å². The van der Waals surface area contributed by atoms with Gasteiger partial charge in [-0.25, -0.2) is 0 Å². The molecule has 0 atom stereocenters. The molecular formula is C12H29NNa2O8. The molecule has 132 valence electrons. The van der Waals surface area contributed by atoms with Gasteiger partial charge in [0.25, 0.3) is 23.9 Å². The van der Waals surface area contributed by atoms with E-state index in [0.717, 1.165) is 40.8 Å². The van der Waals surface area contributed by atoms with Crippen molar-refractivity contribution in [1.82, 2.24) is 5.32 Å². The van der Waals surface area contributed by atoms with Crippen LogP contribution >= 0.6 is 0 Å². The summed E-state index contributed by atoms with van der Waals surface area (Å²) in [5, 5.41) is 32.8. The van der Waals surface area contributed by atoms with Crippen LogP contribution in [0.4, 0.5) is 0 Å². The first-order valence-electron chi connectivity index (χ1n) is 5.83. The van der Waals surface area contributed by atoms with Gasteiger partial charge in [-0.3, -0.25) is 19.2 Å². The van der Waals surface area contributed by atoms with Crippen LogP contribution in [-0.4, -0.2) is 117 Å². The molecule has 0 aromatic rings. The maximum atomic E-state index is 9.00. The molecule has 0 unspecified atom stereocenters. The minimum absolute atomic E-state index is 0. The van der Waals surface area contributed by atoms with Crippen molar-refractivity contribution >= 4 is 83.0 Å². The Morgan fingerprint density at radius 2 is 0.696 bits per heavy atom. The Hall–Kier alpha value is -0.160. The first kappa shape index (κ1) is 43.4. The van der Waals surface area contributed by atoms with Gasteiger partial charge in [0, 0.05) is 27.7 Å². The van der Waals surface area contributed by atoms with Crippen molar-refractivity contribution in [3.8, 4) is 0 Å². The molecule has 0 heterocycles. The monoisotopic (exact) mass is 361 g/mol. The van der Waals surface area contributed by atoms with Gasteiger partial charge in [-0.05, 0) is 13.1 Å². The average molecular weight is 361 g/mol. The van der Waals surface area contributed by atoms with Crippen molar-refractivity contribution in [2.24, 2.45) is 0 Å². The molecule has 0 bridgehead atoms. The van der Waals surface area contributed by atoms with Crippen LogP contribution in [0.3, 0.4) is 0 Å². The van der Waals surface area contributed by atoms with Crippen LogP contribution in [0, 0.1) is 0 Å². The second-order valence-electron chi connectivity index (χ2n) is 3.03. The Bertz CT molecular complexity index is 210. The van der Waals surface area contributed by atoms with Gasteiger partial charge in [-0.1, -0.05) is 13.8 Å². The van der Waals surface area contributed by atoms with Crippen molar-refractivity contribution in [2.75, 3.05) is 13.1 Å². The maximum absolute atomic E-state index is 9.00. The Morgan fingerprint density at radius 3 is 0.696 bits per heavy atom. The third kappa shape index (κ3) is 2540. The van der Waals surface area contributed by atoms with E-state index < -0.39 is 23.9 Å². The van der Waals surface area contributed by atoms with E-state index in [2.05, 4.69) is 19.2 Å². The molecule has 0 fully saturated rings. The number of carboxylic acids is 4. The SMILES string of the molecule is CC(=O)O.CC(=O)O.CC(=O)O.CC(=O)O.CCNCC.[NaH].[NaH]. The Kier molecular flexibility index (Phi) is 81.3. The van der Waals surface area contributed by atoms with Gasteiger partial charge in [0.1, 0.15) is 0 Å². The van der Waals surface area contributed by atoms with Crippen LogP contribution in [0.25, 0.3) is 0 Å². The zero-order valence-electron chi connectivity index (χ0n) is 13.3. The predicted molar refractivity (Wildman–Crippen MR) is 91.8 cm³/mol. The molecule has 0 radical (unpaired) electrons. The van der Waals surface area contributed by atoms with Gasteiger partial charge in [-0.2, -0.15) is 0 Å². The minimum atomic E-state index is -0.833. The Balaban J connectivity index is -0.0000000273. The van der Waals surface area contributed by atoms with E-state index in [0.29, 0.717) is 0 Å². The van der Waals surface area contributed by atoms with Gasteiger partial charge in [0.15, 0.2) is 0 Å². The molecule has 0 aromatic carbocycles. The van der Waals surface area contributed by atoms with Gasteiger partial charge in [0.05, 0.1) is 0 Å². The summed E-state index contributed by atoms with van der Waals surface area (Å²) in [6.07, 6.45) is 0. The number of hydrogen-bond acceptors (Lipinski definition) is 5. The normalized spacial score (nSPS) is 6.17. The molecule has 9 nitrogen and oxygen atoms in total. The van der Waals surface area contributed by atoms with E-state index >= 15 is 0 Å². The first-order valence-corrected chi connectivity index (χ1v) is 5.83. The van der Waals surface area contributed by atoms with Crippen molar-refractivity contribution in [3.63, 3.8) is 0 Å². The average Bonchev–Trinajstić information content (AvgIpc) is 2.14. The fraction of sp³-hybridized carbons (Fsp3) is 0.667. The molecule has 0 saturated heterocycles. The number of nitrogens with one attached hydrogen (secondary N) is 1. The predicted octanol–water partition coefficient (Wildman–Crippen LogP) is -0.318. The van der Waals surface area contributed by atoms with E-state index in [9.17, 15) is 0 Å². The molecule has 0 aliphatic heterocycles. The van der Waals surface area contributed by atoms with Gasteiger partial charge < -0.3 is 25.7 Å². The van der Waals surface area contributed by atoms with Crippen molar-refractivity contribution in [3.05, 3.63) is 0 Å². The summed E-state index contributed by atoms with van der Waals surface area (Å²) in [5.74, 6) is -3.33. The van der Waals surface area contributed by atoms with E-state index in [1.807, 2.05) is 0 Å². The molecular weight excluding hydrogens is 332 g/mol. The van der Waals surface area contributed by atoms with Crippen LogP contribution < -0.4 is 5.32 Å². The molecule has 0 aliphatic rings. The summed E-state index contributed by atoms with van der Waals surface area (Å²) >= 11 is 0. The summed E-state index contributed by atoms with van der Waals surface area (Å²) < 4.78 is 0. The third-order valence-corrected chi connectivity index (χ3v) is 0.500. The summed E-state index contributed by atoms with van der Waals surface area (Å²) in [6, 6.07) is 0. The molecule has 5 N–H and O–H groups in total. The molecule has 0 saturated carbocycles. The van der Waals surface area contributed by atoms with Gasteiger partial charge >= 0.3 is 59.1 Å². The van der Waals surface area contributed by atoms with Crippen LogP contribution in [0.1, 0.15) is 41.5 Å². The number of aliphatic carboxylic acids is 4. The Morgan fingerprint density at radius 1 is 0.609 bits per heavy atom. The topological polar surface area (TPSA) is 161 Å². The van der Waals surface area contributed by atoms with Crippen molar-refractivity contribution < 1.29 is 39.6 Å². The number of rotatable bonds is 2. The molecule has 0 spiro atoms. The quantitative estimate of drug-likeness (QED) is 0.415. The molecule has 23 heavy (non-hydrogen) atoms. The standard InChI is InChI=1S/C4H11N.4C2H4O2.2Na.2H/c1-3-5-4-2;4*1-2(3)4;;;;/h5H,3-4H2,1-2H3;4*1H3,(H,3,4);;;;. The summed E-state index contributed by atoms with van der Waals surface area (Å²) in [7, 11) is 0. The van der Waals surface area contributed by atoms with Crippen molar-refractivity contribution in [2.45, 2.75) is 41.5 Å². The van der Waals surface area contributed by atoms with Crippen LogP contribution in [0.5, 0.6) is 0 Å². The zero-order chi connectivity index (χ0) is 18.4. The third-order valence-electron chi connectivity index (χ3n) is 0.500. The van der Waals surface area contributed by atoms with Gasteiger partial charge in [-0.15, -0.1) is 0 Å². The second kappa shape index (κ2) is 43.1. The van der Waals surface area contributed by atoms with E-state index in [1.165, 1.54) is 0 Å². The number of hydrogen-bond donors (Lipinski definition) is 5. The van der Waals surface area contributed by atoms with E-state index in [4.69, 9.17) is 39.6 Å². The zero-order valence-corrected chi connectivity index (χ0v) is 13.3. The number of carbonyl (C=O) groups is 4. The van der Waals surface area contributed by atoms with Crippen LogP contribution in [-0.2, 0) is 19.2 Å². The molecule has 0 aromatic heterocycles. The van der Waals surface area contributed by atoms with Gasteiger partial charge in [0.2, 0.25) is 0 Å². The summed E-state index contributed by atoms with van der Waals surface area (Å²) in [5.41, 5.74) is 0. The molecule has 0 rings (SSSR count). The fourth-order valence-electron chi connectivity index (χ4n) is 0.250. The fourth-order valence-corrected chi connectivity index (χ4v) is 0.250. The Labute approximate surface area is 181 Å². The molecule has 11 heteroatoms. The summed E-state index contributed by atoms with van der Waals surface area (Å²) in [6.45, 7) is 10.7. The second-order valence-corrected chi connectivity index (χ2v) is 3.03. The first-order chi connectivity index (χ1) is 9.34. The van der Waals surface area contributed by atoms with E-state index in [1.54, 1.807) is 0 Å². The summed E-state index contributed by atoms with van der Waals surface area (Å²) in [4.78, 5) is 36.0. The van der Waals surface area contributed by atoms with E-state index in [-0.39, 0.29) is 59.1 Å².